The molecule has 78 valence electrons. The van der Waals surface area contributed by atoms with Crippen molar-refractivity contribution in [1.29, 1.82) is 0 Å². The summed E-state index contributed by atoms with van der Waals surface area (Å²) in [7, 11) is 0. The van der Waals surface area contributed by atoms with E-state index in [9.17, 15) is 0 Å². The smallest absolute Gasteiger partial charge is 0.142 e. The van der Waals surface area contributed by atoms with E-state index in [0.29, 0.717) is 0 Å². The van der Waals surface area contributed by atoms with Crippen LogP contribution in [0.2, 0.25) is 0 Å². The molecule has 5 heteroatoms. The second-order valence-corrected chi connectivity index (χ2v) is 5.56. The molecular formula is C10H8BrClN2S. The standard InChI is InChI=1S/C10H8BrClN2S/c1-6(12)9-13-14-10(15-9)7-4-2-3-5-8(7)11/h2-6H,1H3. The fourth-order valence-electron chi connectivity index (χ4n) is 1.14. The van der Waals surface area contributed by atoms with Crippen molar-refractivity contribution in [3.63, 3.8) is 0 Å². The summed E-state index contributed by atoms with van der Waals surface area (Å²) in [5.74, 6) is 0. The Balaban J connectivity index is 2.42. The van der Waals surface area contributed by atoms with Gasteiger partial charge in [-0.3, -0.25) is 0 Å². The van der Waals surface area contributed by atoms with Crippen LogP contribution in [0.3, 0.4) is 0 Å². The van der Waals surface area contributed by atoms with Gasteiger partial charge in [0.05, 0.1) is 5.38 Å². The van der Waals surface area contributed by atoms with Gasteiger partial charge in [-0.2, -0.15) is 0 Å². The molecule has 0 aliphatic heterocycles. The SMILES string of the molecule is CC(Cl)c1nnc(-c2ccccc2Br)s1. The number of alkyl halides is 1. The number of benzene rings is 1. The molecule has 1 atom stereocenters. The van der Waals surface area contributed by atoms with Crippen LogP contribution in [0.5, 0.6) is 0 Å². The van der Waals surface area contributed by atoms with Crippen molar-refractivity contribution >= 4 is 38.9 Å². The molecule has 1 heterocycles. The molecule has 0 fully saturated rings. The fourth-order valence-corrected chi connectivity index (χ4v) is 2.73. The van der Waals surface area contributed by atoms with Crippen molar-refractivity contribution in [2.75, 3.05) is 0 Å². The van der Waals surface area contributed by atoms with Gasteiger partial charge in [0.2, 0.25) is 0 Å². The first kappa shape index (κ1) is 11.0. The molecule has 0 spiro atoms. The van der Waals surface area contributed by atoms with Crippen LogP contribution in [-0.2, 0) is 0 Å². The molecule has 0 aliphatic rings. The largest absolute Gasteiger partial charge is 0.148 e. The second kappa shape index (κ2) is 4.60. The van der Waals surface area contributed by atoms with Crippen LogP contribution in [0.25, 0.3) is 10.6 Å². The van der Waals surface area contributed by atoms with Crippen LogP contribution >= 0.6 is 38.9 Å². The summed E-state index contributed by atoms with van der Waals surface area (Å²) in [4.78, 5) is 0. The Hall–Kier alpha value is -0.450. The minimum absolute atomic E-state index is 0.0845. The van der Waals surface area contributed by atoms with E-state index in [2.05, 4.69) is 26.1 Å². The highest BCUT2D eigenvalue weighted by atomic mass is 79.9. The molecule has 2 rings (SSSR count). The molecule has 2 nitrogen and oxygen atoms in total. The van der Waals surface area contributed by atoms with Crippen molar-refractivity contribution in [3.05, 3.63) is 33.7 Å². The lowest BCUT2D eigenvalue weighted by atomic mass is 10.2. The first-order valence-electron chi connectivity index (χ1n) is 4.41. The third-order valence-electron chi connectivity index (χ3n) is 1.89. The Morgan fingerprint density at radius 2 is 2.07 bits per heavy atom. The lowest BCUT2D eigenvalue weighted by molar-refractivity contribution is 0.962. The summed E-state index contributed by atoms with van der Waals surface area (Å²) in [6, 6.07) is 7.94. The Bertz CT molecular complexity index is 470. The number of aromatic nitrogens is 2. The molecule has 0 bridgehead atoms. The molecule has 1 aromatic heterocycles. The van der Waals surface area contributed by atoms with Gasteiger partial charge < -0.3 is 0 Å². The van der Waals surface area contributed by atoms with E-state index in [1.54, 1.807) is 0 Å². The first-order valence-corrected chi connectivity index (χ1v) is 6.45. The van der Waals surface area contributed by atoms with Crippen molar-refractivity contribution < 1.29 is 0 Å². The summed E-state index contributed by atoms with van der Waals surface area (Å²) >= 11 is 10.9. The average molecular weight is 304 g/mol. The molecule has 1 aromatic carbocycles. The molecular weight excluding hydrogens is 296 g/mol. The van der Waals surface area contributed by atoms with E-state index in [1.165, 1.54) is 11.3 Å². The summed E-state index contributed by atoms with van der Waals surface area (Å²) in [5.41, 5.74) is 1.05. The number of rotatable bonds is 2. The number of nitrogens with zero attached hydrogens (tertiary/aromatic N) is 2. The Morgan fingerprint density at radius 1 is 1.33 bits per heavy atom. The Kier molecular flexibility index (Phi) is 3.38. The van der Waals surface area contributed by atoms with Gasteiger partial charge in [-0.25, -0.2) is 0 Å². The molecule has 0 radical (unpaired) electrons. The highest BCUT2D eigenvalue weighted by Gasteiger charge is 2.12. The lowest BCUT2D eigenvalue weighted by Gasteiger charge is -1.97. The summed E-state index contributed by atoms with van der Waals surface area (Å²) < 4.78 is 1.02. The predicted molar refractivity (Wildman–Crippen MR) is 67.3 cm³/mol. The maximum absolute atomic E-state index is 5.94. The molecule has 0 amide bonds. The van der Waals surface area contributed by atoms with Crippen molar-refractivity contribution in [2.24, 2.45) is 0 Å². The summed E-state index contributed by atoms with van der Waals surface area (Å²) in [6.07, 6.45) is 0. The van der Waals surface area contributed by atoms with Crippen LogP contribution in [0.4, 0.5) is 0 Å². The summed E-state index contributed by atoms with van der Waals surface area (Å²) in [5, 5.41) is 9.83. The van der Waals surface area contributed by atoms with Gasteiger partial charge >= 0.3 is 0 Å². The third kappa shape index (κ3) is 2.38. The lowest BCUT2D eigenvalue weighted by Crippen LogP contribution is -1.81. The molecule has 15 heavy (non-hydrogen) atoms. The Labute approximate surface area is 105 Å². The molecule has 1 unspecified atom stereocenters. The van der Waals surface area contributed by atoms with Crippen LogP contribution < -0.4 is 0 Å². The van der Waals surface area contributed by atoms with Crippen LogP contribution in [0.1, 0.15) is 17.3 Å². The predicted octanol–water partition coefficient (Wildman–Crippen LogP) is 4.27. The molecule has 2 aromatic rings. The molecule has 0 aliphatic carbocycles. The maximum atomic E-state index is 5.94. The maximum Gasteiger partial charge on any atom is 0.148 e. The average Bonchev–Trinajstić information content (AvgIpc) is 2.67. The molecule has 0 N–H and O–H groups in total. The van der Waals surface area contributed by atoms with Gasteiger partial charge in [0, 0.05) is 10.0 Å². The highest BCUT2D eigenvalue weighted by molar-refractivity contribution is 9.10. The Morgan fingerprint density at radius 3 is 2.67 bits per heavy atom. The van der Waals surface area contributed by atoms with Crippen LogP contribution in [-0.4, -0.2) is 10.2 Å². The van der Waals surface area contributed by atoms with Gasteiger partial charge in [-0.05, 0) is 13.0 Å². The third-order valence-corrected chi connectivity index (χ3v) is 4.05. The van der Waals surface area contributed by atoms with Crippen molar-refractivity contribution in [1.82, 2.24) is 10.2 Å². The number of hydrogen-bond acceptors (Lipinski definition) is 3. The number of hydrogen-bond donors (Lipinski definition) is 0. The normalized spacial score (nSPS) is 12.7. The van der Waals surface area contributed by atoms with Crippen molar-refractivity contribution in [2.45, 2.75) is 12.3 Å². The molecule has 0 saturated carbocycles. The minimum Gasteiger partial charge on any atom is -0.142 e. The van der Waals surface area contributed by atoms with Gasteiger partial charge in [0.15, 0.2) is 0 Å². The quantitative estimate of drug-likeness (QED) is 0.774. The van der Waals surface area contributed by atoms with Gasteiger partial charge in [-0.15, -0.1) is 21.8 Å². The van der Waals surface area contributed by atoms with Crippen LogP contribution in [0.15, 0.2) is 28.7 Å². The van der Waals surface area contributed by atoms with Gasteiger partial charge in [-0.1, -0.05) is 45.5 Å². The highest BCUT2D eigenvalue weighted by Crippen LogP contribution is 2.33. The summed E-state index contributed by atoms with van der Waals surface area (Å²) in [6.45, 7) is 1.89. The minimum atomic E-state index is -0.0845. The fraction of sp³-hybridized carbons (Fsp3) is 0.200. The first-order chi connectivity index (χ1) is 7.18. The van der Waals surface area contributed by atoms with Crippen molar-refractivity contribution in [3.8, 4) is 10.6 Å². The van der Waals surface area contributed by atoms with E-state index in [4.69, 9.17) is 11.6 Å². The molecule has 0 saturated heterocycles. The van der Waals surface area contributed by atoms with Crippen LogP contribution in [0, 0.1) is 0 Å². The van der Waals surface area contributed by atoms with E-state index in [-0.39, 0.29) is 5.38 Å². The zero-order chi connectivity index (χ0) is 10.8. The second-order valence-electron chi connectivity index (χ2n) is 3.04. The zero-order valence-corrected chi connectivity index (χ0v) is 11.1. The zero-order valence-electron chi connectivity index (χ0n) is 7.95. The van der Waals surface area contributed by atoms with E-state index >= 15 is 0 Å². The number of halogens is 2. The van der Waals surface area contributed by atoms with E-state index in [0.717, 1.165) is 20.1 Å². The van der Waals surface area contributed by atoms with E-state index < -0.39 is 0 Å². The van der Waals surface area contributed by atoms with E-state index in [1.807, 2.05) is 31.2 Å². The topological polar surface area (TPSA) is 25.8 Å². The van der Waals surface area contributed by atoms with Gasteiger partial charge in [0.25, 0.3) is 0 Å². The monoisotopic (exact) mass is 302 g/mol. The van der Waals surface area contributed by atoms with Gasteiger partial charge in [0.1, 0.15) is 10.0 Å².